The fourth-order valence-electron chi connectivity index (χ4n) is 4.35. The third-order valence-corrected chi connectivity index (χ3v) is 6.20. The largest absolute Gasteiger partial charge is 0.497 e. The second-order valence-corrected chi connectivity index (χ2v) is 8.96. The van der Waals surface area contributed by atoms with E-state index < -0.39 is 12.1 Å². The Bertz CT molecular complexity index is 1110. The summed E-state index contributed by atoms with van der Waals surface area (Å²) < 4.78 is 5.24. The Labute approximate surface area is 199 Å². The molecule has 2 aromatic rings. The molecule has 8 nitrogen and oxygen atoms in total. The summed E-state index contributed by atoms with van der Waals surface area (Å²) in [6.07, 6.45) is 0. The van der Waals surface area contributed by atoms with Crippen molar-refractivity contribution in [1.29, 1.82) is 0 Å². The van der Waals surface area contributed by atoms with Crippen LogP contribution in [0.4, 0.5) is 4.79 Å². The zero-order valence-corrected chi connectivity index (χ0v) is 19.9. The number of methoxy groups -OCH3 is 1. The fraction of sp³-hybridized carbons (Fsp3) is 0.346. The molecule has 0 fully saturated rings. The van der Waals surface area contributed by atoms with Crippen molar-refractivity contribution in [2.24, 2.45) is 5.92 Å². The summed E-state index contributed by atoms with van der Waals surface area (Å²) >= 11 is 0. The molecule has 0 saturated heterocycles. The van der Waals surface area contributed by atoms with Crippen molar-refractivity contribution in [3.63, 3.8) is 0 Å². The van der Waals surface area contributed by atoms with Gasteiger partial charge in [-0.3, -0.25) is 14.5 Å². The molecular formula is C26H30N4O4. The van der Waals surface area contributed by atoms with Gasteiger partial charge in [-0.15, -0.1) is 0 Å². The Balaban J connectivity index is 1.71. The molecule has 0 radical (unpaired) electrons. The van der Waals surface area contributed by atoms with Crippen LogP contribution in [0.5, 0.6) is 5.75 Å². The number of rotatable bonds is 7. The lowest BCUT2D eigenvalue weighted by Gasteiger charge is -2.31. The summed E-state index contributed by atoms with van der Waals surface area (Å²) in [6, 6.07) is 14.8. The topological polar surface area (TPSA) is 91.0 Å². The van der Waals surface area contributed by atoms with Gasteiger partial charge in [0.2, 0.25) is 5.91 Å². The van der Waals surface area contributed by atoms with Gasteiger partial charge >= 0.3 is 6.03 Å². The molecule has 2 atom stereocenters. The Morgan fingerprint density at radius 2 is 1.79 bits per heavy atom. The number of carbonyl (C=O) groups is 3. The van der Waals surface area contributed by atoms with Gasteiger partial charge in [0.15, 0.2) is 0 Å². The van der Waals surface area contributed by atoms with E-state index in [0.717, 1.165) is 11.1 Å². The van der Waals surface area contributed by atoms with E-state index in [0.29, 0.717) is 23.6 Å². The summed E-state index contributed by atoms with van der Waals surface area (Å²) in [5.41, 5.74) is 2.57. The van der Waals surface area contributed by atoms with E-state index in [-0.39, 0.29) is 30.3 Å². The van der Waals surface area contributed by atoms with E-state index >= 15 is 0 Å². The van der Waals surface area contributed by atoms with Crippen molar-refractivity contribution in [3.8, 4) is 5.75 Å². The van der Waals surface area contributed by atoms with Crippen molar-refractivity contribution >= 4 is 17.8 Å². The van der Waals surface area contributed by atoms with Crippen LogP contribution < -0.4 is 15.4 Å². The number of carbonyl (C=O) groups excluding carboxylic acids is 3. The minimum absolute atomic E-state index is 0.166. The summed E-state index contributed by atoms with van der Waals surface area (Å²) in [7, 11) is 3.22. The molecule has 2 aliphatic rings. The number of likely N-dealkylation sites (N-methyl/N-ethyl adjacent to an activating group) is 1. The van der Waals surface area contributed by atoms with Crippen molar-refractivity contribution in [2.45, 2.75) is 25.9 Å². The Kier molecular flexibility index (Phi) is 6.58. The van der Waals surface area contributed by atoms with Crippen LogP contribution in [-0.2, 0) is 9.59 Å². The highest BCUT2D eigenvalue weighted by atomic mass is 16.5. The van der Waals surface area contributed by atoms with Gasteiger partial charge in [0.25, 0.3) is 5.91 Å². The molecule has 4 rings (SSSR count). The summed E-state index contributed by atoms with van der Waals surface area (Å²) in [4.78, 5) is 42.9. The number of urea groups is 1. The minimum atomic E-state index is -0.807. The van der Waals surface area contributed by atoms with Crippen molar-refractivity contribution in [1.82, 2.24) is 20.4 Å². The molecule has 0 unspecified atom stereocenters. The van der Waals surface area contributed by atoms with Crippen LogP contribution in [0.1, 0.15) is 37.1 Å². The molecular weight excluding hydrogens is 432 g/mol. The van der Waals surface area contributed by atoms with E-state index in [1.165, 1.54) is 4.90 Å². The molecule has 34 heavy (non-hydrogen) atoms. The maximum atomic E-state index is 13.8. The minimum Gasteiger partial charge on any atom is -0.497 e. The first kappa shape index (κ1) is 23.4. The molecule has 4 amide bonds. The molecule has 2 aromatic carbocycles. The van der Waals surface area contributed by atoms with Gasteiger partial charge in [-0.2, -0.15) is 0 Å². The lowest BCUT2D eigenvalue weighted by Crippen LogP contribution is -2.45. The van der Waals surface area contributed by atoms with Crippen molar-refractivity contribution < 1.29 is 19.1 Å². The maximum Gasteiger partial charge on any atom is 0.322 e. The lowest BCUT2D eigenvalue weighted by atomic mass is 9.95. The highest BCUT2D eigenvalue weighted by Gasteiger charge is 2.46. The van der Waals surface area contributed by atoms with Crippen molar-refractivity contribution in [2.75, 3.05) is 27.2 Å². The second kappa shape index (κ2) is 9.59. The third-order valence-electron chi connectivity index (χ3n) is 6.20. The number of ether oxygens (including phenoxy) is 1. The van der Waals surface area contributed by atoms with Crippen LogP contribution in [0.25, 0.3) is 0 Å². The zero-order valence-electron chi connectivity index (χ0n) is 19.9. The molecule has 0 aliphatic carbocycles. The van der Waals surface area contributed by atoms with Crippen molar-refractivity contribution in [3.05, 3.63) is 77.0 Å². The van der Waals surface area contributed by atoms with Gasteiger partial charge in [-0.05, 0) is 29.2 Å². The highest BCUT2D eigenvalue weighted by Crippen LogP contribution is 2.39. The molecule has 2 N–H and O–H groups in total. The number of nitrogens with zero attached hydrogens (tertiary/aromatic N) is 2. The van der Waals surface area contributed by atoms with Gasteiger partial charge < -0.3 is 20.3 Å². The van der Waals surface area contributed by atoms with Crippen LogP contribution in [0, 0.1) is 5.92 Å². The lowest BCUT2D eigenvalue weighted by molar-refractivity contribution is -0.136. The number of benzene rings is 2. The smallest absolute Gasteiger partial charge is 0.322 e. The second-order valence-electron chi connectivity index (χ2n) is 8.96. The quantitative estimate of drug-likeness (QED) is 0.662. The average Bonchev–Trinajstić information content (AvgIpc) is 3.18. The summed E-state index contributed by atoms with van der Waals surface area (Å²) in [5, 5.41) is 5.90. The number of hydrogen-bond donors (Lipinski definition) is 2. The van der Waals surface area contributed by atoms with E-state index in [9.17, 15) is 14.4 Å². The first-order chi connectivity index (χ1) is 16.3. The van der Waals surface area contributed by atoms with Gasteiger partial charge in [0.1, 0.15) is 11.8 Å². The SMILES string of the molecule is COc1ccc([C@H]2NC(=O)N(C)C3=C2C(=O)N([C@H](C(=O)NCC(C)C)c2ccccc2)C3)cc1. The average molecular weight is 463 g/mol. The Hall–Kier alpha value is -3.81. The Morgan fingerprint density at radius 1 is 1.12 bits per heavy atom. The predicted molar refractivity (Wildman–Crippen MR) is 128 cm³/mol. The van der Waals surface area contributed by atoms with E-state index in [1.54, 1.807) is 31.2 Å². The fourth-order valence-corrected chi connectivity index (χ4v) is 4.35. The summed E-state index contributed by atoms with van der Waals surface area (Å²) in [5.74, 6) is 0.447. The van der Waals surface area contributed by atoms with Crippen LogP contribution in [0.2, 0.25) is 0 Å². The van der Waals surface area contributed by atoms with Gasteiger partial charge in [0, 0.05) is 13.6 Å². The van der Waals surface area contributed by atoms with Crippen LogP contribution in [0.15, 0.2) is 65.9 Å². The van der Waals surface area contributed by atoms with Crippen LogP contribution in [-0.4, -0.2) is 54.9 Å². The first-order valence-corrected chi connectivity index (χ1v) is 11.4. The number of hydrogen-bond acceptors (Lipinski definition) is 4. The standard InChI is InChI=1S/C26H30N4O4/c1-16(2)14-27-24(31)23(18-8-6-5-7-9-18)30-15-20-21(25(30)32)22(28-26(33)29(20)3)17-10-12-19(34-4)13-11-17/h5-13,16,22-23H,14-15H2,1-4H3,(H,27,31)(H,28,33)/t22-,23+/m1/s1. The summed E-state index contributed by atoms with van der Waals surface area (Å²) in [6.45, 7) is 4.71. The zero-order chi connectivity index (χ0) is 24.4. The Morgan fingerprint density at radius 3 is 2.41 bits per heavy atom. The molecule has 2 heterocycles. The number of nitrogens with one attached hydrogen (secondary N) is 2. The molecule has 2 aliphatic heterocycles. The molecule has 178 valence electrons. The molecule has 8 heteroatoms. The first-order valence-electron chi connectivity index (χ1n) is 11.4. The van der Waals surface area contributed by atoms with Gasteiger partial charge in [-0.25, -0.2) is 4.79 Å². The normalized spacial score (nSPS) is 18.7. The predicted octanol–water partition coefficient (Wildman–Crippen LogP) is 3.00. The monoisotopic (exact) mass is 462 g/mol. The van der Waals surface area contributed by atoms with E-state index in [2.05, 4.69) is 10.6 Å². The molecule has 0 aromatic heterocycles. The van der Waals surface area contributed by atoms with Crippen LogP contribution in [0.3, 0.4) is 0 Å². The van der Waals surface area contributed by atoms with E-state index in [4.69, 9.17) is 4.74 Å². The highest BCUT2D eigenvalue weighted by molar-refractivity contribution is 6.03. The maximum absolute atomic E-state index is 13.8. The van der Waals surface area contributed by atoms with E-state index in [1.807, 2.05) is 56.3 Å². The number of amides is 4. The third kappa shape index (κ3) is 4.35. The molecule has 0 spiro atoms. The van der Waals surface area contributed by atoms with Crippen LogP contribution >= 0.6 is 0 Å². The molecule has 0 bridgehead atoms. The molecule has 0 saturated carbocycles. The van der Waals surface area contributed by atoms with Gasteiger partial charge in [0.05, 0.1) is 31.0 Å². The van der Waals surface area contributed by atoms with Gasteiger partial charge in [-0.1, -0.05) is 56.3 Å².